The van der Waals surface area contributed by atoms with Crippen molar-refractivity contribution in [3.05, 3.63) is 17.6 Å². The second kappa shape index (κ2) is 5.75. The minimum Gasteiger partial charge on any atom is -0.396 e. The van der Waals surface area contributed by atoms with E-state index in [9.17, 15) is 5.11 Å². The molecule has 4 nitrogen and oxygen atoms in total. The molecule has 0 aliphatic rings. The number of aliphatic hydroxyl groups excluding tert-OH is 1. The van der Waals surface area contributed by atoms with E-state index in [-0.39, 0.29) is 12.0 Å². The summed E-state index contributed by atoms with van der Waals surface area (Å²) in [5, 5.41) is 12.9. The highest BCUT2D eigenvalue weighted by molar-refractivity contribution is 7.16. The molecule has 0 saturated heterocycles. The number of rotatable bonds is 6. The molecule has 2 rings (SSSR count). The van der Waals surface area contributed by atoms with Crippen LogP contribution in [0.5, 0.6) is 0 Å². The van der Waals surface area contributed by atoms with E-state index in [0.717, 1.165) is 35.3 Å². The van der Waals surface area contributed by atoms with Crippen LogP contribution in [-0.2, 0) is 0 Å². The van der Waals surface area contributed by atoms with Gasteiger partial charge in [-0.1, -0.05) is 13.8 Å². The van der Waals surface area contributed by atoms with Gasteiger partial charge in [-0.2, -0.15) is 0 Å². The molecule has 2 aromatic rings. The Morgan fingerprint density at radius 3 is 2.74 bits per heavy atom. The number of nitrogens with two attached hydrogens (primary N) is 1. The molecule has 0 saturated carbocycles. The number of hydrogen-bond donors (Lipinski definition) is 3. The van der Waals surface area contributed by atoms with Crippen molar-refractivity contribution in [1.82, 2.24) is 4.98 Å². The molecule has 0 spiro atoms. The van der Waals surface area contributed by atoms with Gasteiger partial charge < -0.3 is 16.2 Å². The molecular weight excluding hydrogens is 258 g/mol. The van der Waals surface area contributed by atoms with Crippen LogP contribution in [0.15, 0.2) is 17.6 Å². The molecule has 0 aliphatic heterocycles. The number of benzene rings is 1. The Kier molecular flexibility index (Phi) is 4.27. The normalized spacial score (nSPS) is 11.9. The summed E-state index contributed by atoms with van der Waals surface area (Å²) in [6.07, 6.45) is 1.87. The smallest absolute Gasteiger partial charge is 0.106 e. The van der Waals surface area contributed by atoms with Crippen LogP contribution >= 0.6 is 11.3 Å². The first-order valence-electron chi connectivity index (χ1n) is 6.62. The van der Waals surface area contributed by atoms with E-state index in [1.54, 1.807) is 16.8 Å². The van der Waals surface area contributed by atoms with E-state index in [4.69, 9.17) is 5.73 Å². The number of fused-ring (bicyclic) bond motifs is 1. The van der Waals surface area contributed by atoms with Crippen molar-refractivity contribution in [2.45, 2.75) is 26.7 Å². The molecule has 0 atom stereocenters. The Balaban J connectivity index is 2.19. The van der Waals surface area contributed by atoms with Gasteiger partial charge in [0, 0.05) is 12.0 Å². The lowest BCUT2D eigenvalue weighted by Gasteiger charge is -2.30. The van der Waals surface area contributed by atoms with Crippen LogP contribution in [-0.4, -0.2) is 23.2 Å². The van der Waals surface area contributed by atoms with Gasteiger partial charge in [0.2, 0.25) is 0 Å². The van der Waals surface area contributed by atoms with Gasteiger partial charge in [-0.15, -0.1) is 11.3 Å². The van der Waals surface area contributed by atoms with E-state index in [2.05, 4.69) is 24.1 Å². The lowest BCUT2D eigenvalue weighted by atomic mass is 9.83. The van der Waals surface area contributed by atoms with Crippen molar-refractivity contribution >= 4 is 32.9 Å². The molecule has 1 aromatic carbocycles. The summed E-state index contributed by atoms with van der Waals surface area (Å²) in [6, 6.07) is 4.02. The average Bonchev–Trinajstić information content (AvgIpc) is 2.92. The second-order valence-electron chi connectivity index (χ2n) is 4.94. The fourth-order valence-corrected chi connectivity index (χ4v) is 2.86. The molecule has 5 heteroatoms. The highest BCUT2D eigenvalue weighted by atomic mass is 32.1. The first-order valence-corrected chi connectivity index (χ1v) is 7.50. The van der Waals surface area contributed by atoms with E-state index < -0.39 is 0 Å². The van der Waals surface area contributed by atoms with Crippen LogP contribution in [0.1, 0.15) is 26.7 Å². The maximum atomic E-state index is 9.58. The van der Waals surface area contributed by atoms with E-state index in [1.807, 2.05) is 12.1 Å². The van der Waals surface area contributed by atoms with Crippen LogP contribution < -0.4 is 11.1 Å². The van der Waals surface area contributed by atoms with Crippen LogP contribution in [0.4, 0.5) is 11.4 Å². The van der Waals surface area contributed by atoms with E-state index in [1.165, 1.54) is 0 Å². The topological polar surface area (TPSA) is 71.2 Å². The first-order chi connectivity index (χ1) is 9.15. The Bertz CT molecular complexity index is 540. The molecule has 1 aromatic heterocycles. The quantitative estimate of drug-likeness (QED) is 0.711. The minimum atomic E-state index is -0.0799. The third kappa shape index (κ3) is 2.67. The van der Waals surface area contributed by atoms with Crippen LogP contribution in [0.25, 0.3) is 10.2 Å². The Morgan fingerprint density at radius 1 is 1.37 bits per heavy atom. The SMILES string of the molecule is CCC(CC)(CO)CNc1ccc2scnc2c1N. The van der Waals surface area contributed by atoms with Crippen molar-refractivity contribution in [3.63, 3.8) is 0 Å². The number of anilines is 2. The standard InChI is InChI=1S/C14H21N3OS/c1-3-14(4-2,8-18)7-16-10-5-6-11-13(12(10)15)17-9-19-11/h5-6,9,16,18H,3-4,7-8,15H2,1-2H3. The molecule has 104 valence electrons. The lowest BCUT2D eigenvalue weighted by Crippen LogP contribution is -2.32. The predicted molar refractivity (Wildman–Crippen MR) is 82.6 cm³/mol. The first kappa shape index (κ1) is 14.1. The minimum absolute atomic E-state index is 0.0799. The molecule has 0 unspecified atom stereocenters. The van der Waals surface area contributed by atoms with Crippen LogP contribution in [0, 0.1) is 5.41 Å². The lowest BCUT2D eigenvalue weighted by molar-refractivity contribution is 0.127. The monoisotopic (exact) mass is 279 g/mol. The van der Waals surface area contributed by atoms with Crippen molar-refractivity contribution in [2.24, 2.45) is 5.41 Å². The summed E-state index contributed by atoms with van der Waals surface area (Å²) in [6.45, 7) is 5.12. The van der Waals surface area contributed by atoms with Crippen molar-refractivity contribution in [3.8, 4) is 0 Å². The zero-order chi connectivity index (χ0) is 13.9. The highest BCUT2D eigenvalue weighted by Gasteiger charge is 2.25. The third-order valence-electron chi connectivity index (χ3n) is 4.03. The number of nitrogens with one attached hydrogen (secondary N) is 1. The summed E-state index contributed by atoms with van der Waals surface area (Å²) in [7, 11) is 0. The summed E-state index contributed by atoms with van der Waals surface area (Å²) in [5.41, 5.74) is 10.3. The van der Waals surface area contributed by atoms with Gasteiger partial charge in [-0.3, -0.25) is 0 Å². The Labute approximate surface area is 117 Å². The van der Waals surface area contributed by atoms with Crippen LogP contribution in [0.2, 0.25) is 0 Å². The zero-order valence-corrected chi connectivity index (χ0v) is 12.3. The number of hydrogen-bond acceptors (Lipinski definition) is 5. The van der Waals surface area contributed by atoms with Gasteiger partial charge >= 0.3 is 0 Å². The van der Waals surface area contributed by atoms with Gasteiger partial charge in [-0.05, 0) is 25.0 Å². The summed E-state index contributed by atoms with van der Waals surface area (Å²) in [5.74, 6) is 0. The number of aliphatic hydroxyl groups is 1. The van der Waals surface area contributed by atoms with Gasteiger partial charge in [0.1, 0.15) is 5.52 Å². The molecule has 0 fully saturated rings. The molecule has 19 heavy (non-hydrogen) atoms. The molecule has 4 N–H and O–H groups in total. The second-order valence-corrected chi connectivity index (χ2v) is 5.83. The van der Waals surface area contributed by atoms with E-state index in [0.29, 0.717) is 5.69 Å². The number of thiazole rings is 1. The average molecular weight is 279 g/mol. The number of nitrogen functional groups attached to an aromatic ring is 1. The fourth-order valence-electron chi connectivity index (χ4n) is 2.17. The van der Waals surface area contributed by atoms with Gasteiger partial charge in [0.05, 0.1) is 28.2 Å². The third-order valence-corrected chi connectivity index (χ3v) is 4.82. The molecule has 1 heterocycles. The van der Waals surface area contributed by atoms with Gasteiger partial charge in [-0.25, -0.2) is 4.98 Å². The fraction of sp³-hybridized carbons (Fsp3) is 0.500. The molecule has 0 radical (unpaired) electrons. The Hall–Kier alpha value is -1.33. The van der Waals surface area contributed by atoms with Gasteiger partial charge in [0.15, 0.2) is 0 Å². The van der Waals surface area contributed by atoms with Crippen molar-refractivity contribution < 1.29 is 5.11 Å². The predicted octanol–water partition coefficient (Wildman–Crippen LogP) is 3.09. The number of nitrogens with zero attached hydrogens (tertiary/aromatic N) is 1. The summed E-state index contributed by atoms with van der Waals surface area (Å²) < 4.78 is 1.10. The van der Waals surface area contributed by atoms with E-state index >= 15 is 0 Å². The van der Waals surface area contributed by atoms with Crippen LogP contribution in [0.3, 0.4) is 0 Å². The van der Waals surface area contributed by atoms with Crippen molar-refractivity contribution in [1.29, 1.82) is 0 Å². The highest BCUT2D eigenvalue weighted by Crippen LogP contribution is 2.32. The summed E-state index contributed by atoms with van der Waals surface area (Å²) >= 11 is 1.59. The zero-order valence-electron chi connectivity index (χ0n) is 11.4. The number of aromatic nitrogens is 1. The maximum absolute atomic E-state index is 9.58. The Morgan fingerprint density at radius 2 is 2.11 bits per heavy atom. The van der Waals surface area contributed by atoms with Crippen molar-refractivity contribution in [2.75, 3.05) is 24.2 Å². The summed E-state index contributed by atoms with van der Waals surface area (Å²) in [4.78, 5) is 4.29. The molecular formula is C14H21N3OS. The largest absolute Gasteiger partial charge is 0.396 e. The molecule has 0 bridgehead atoms. The molecule has 0 aliphatic carbocycles. The molecule has 0 amide bonds. The maximum Gasteiger partial charge on any atom is 0.106 e. The van der Waals surface area contributed by atoms with Gasteiger partial charge in [0.25, 0.3) is 0 Å².